The van der Waals surface area contributed by atoms with Crippen molar-refractivity contribution in [2.45, 2.75) is 31.7 Å². The molecule has 98 valence electrons. The number of carbonyl (C=O) groups excluding carboxylic acids is 1. The van der Waals surface area contributed by atoms with E-state index in [2.05, 4.69) is 10.6 Å². The van der Waals surface area contributed by atoms with Gasteiger partial charge in [-0.2, -0.15) is 0 Å². The minimum absolute atomic E-state index is 0.363. The van der Waals surface area contributed by atoms with Crippen LogP contribution in [-0.4, -0.2) is 47.7 Å². The molecule has 1 atom stereocenters. The van der Waals surface area contributed by atoms with E-state index in [-0.39, 0.29) is 0 Å². The number of nitrogens with one attached hydrogen (secondary N) is 2. The van der Waals surface area contributed by atoms with Crippen LogP contribution in [0.2, 0.25) is 0 Å². The predicted molar refractivity (Wildman–Crippen MR) is 59.6 cm³/mol. The summed E-state index contributed by atoms with van der Waals surface area (Å²) in [5, 5.41) is 22.1. The van der Waals surface area contributed by atoms with E-state index in [1.54, 1.807) is 7.05 Å². The molecule has 0 heterocycles. The van der Waals surface area contributed by atoms with Crippen molar-refractivity contribution in [3.63, 3.8) is 0 Å². The average molecular weight is 246 g/mol. The zero-order valence-corrected chi connectivity index (χ0v) is 9.73. The Bertz CT molecular complexity index is 280. The van der Waals surface area contributed by atoms with Gasteiger partial charge in [-0.3, -0.25) is 14.4 Å². The number of likely N-dealkylation sites (N-methyl/N-ethyl adjacent to an activating group) is 1. The van der Waals surface area contributed by atoms with E-state index in [9.17, 15) is 14.4 Å². The highest BCUT2D eigenvalue weighted by Gasteiger charge is 2.13. The number of hydrogen-bond acceptors (Lipinski definition) is 4. The smallest absolute Gasteiger partial charge is 0.320 e. The van der Waals surface area contributed by atoms with Crippen molar-refractivity contribution in [3.8, 4) is 0 Å². The van der Waals surface area contributed by atoms with Crippen molar-refractivity contribution in [3.05, 3.63) is 0 Å². The lowest BCUT2D eigenvalue weighted by molar-refractivity contribution is -0.141. The summed E-state index contributed by atoms with van der Waals surface area (Å²) in [6.45, 7) is 0.363. The topological polar surface area (TPSA) is 116 Å². The van der Waals surface area contributed by atoms with Gasteiger partial charge in [0, 0.05) is 6.54 Å². The second kappa shape index (κ2) is 8.51. The summed E-state index contributed by atoms with van der Waals surface area (Å²) < 4.78 is 0. The third kappa shape index (κ3) is 8.21. The lowest BCUT2D eigenvalue weighted by Crippen LogP contribution is -2.34. The highest BCUT2D eigenvalue weighted by Crippen LogP contribution is 2.00. The Morgan fingerprint density at radius 3 is 2.29 bits per heavy atom. The number of aliphatic carboxylic acids is 2. The number of carbonyl (C=O) groups is 3. The van der Waals surface area contributed by atoms with Crippen molar-refractivity contribution >= 4 is 17.8 Å². The van der Waals surface area contributed by atoms with Crippen LogP contribution in [0, 0.1) is 0 Å². The molecule has 0 fully saturated rings. The molecule has 0 radical (unpaired) electrons. The second-order valence-corrected chi connectivity index (χ2v) is 3.60. The maximum Gasteiger partial charge on any atom is 0.320 e. The van der Waals surface area contributed by atoms with Crippen LogP contribution in [0.15, 0.2) is 0 Å². The molecular formula is C10H18N2O5. The first-order valence-corrected chi connectivity index (χ1v) is 5.36. The molecule has 0 aliphatic rings. The molecule has 0 saturated heterocycles. The molecule has 0 aliphatic carbocycles. The minimum Gasteiger partial charge on any atom is -0.481 e. The number of rotatable bonds is 9. The minimum atomic E-state index is -1.16. The normalized spacial score (nSPS) is 11.8. The molecule has 0 aliphatic heterocycles. The van der Waals surface area contributed by atoms with Gasteiger partial charge in [-0.1, -0.05) is 0 Å². The number of carboxylic acid groups (broad SMARTS) is 2. The molecule has 17 heavy (non-hydrogen) atoms. The van der Waals surface area contributed by atoms with E-state index in [0.717, 1.165) is 0 Å². The summed E-state index contributed by atoms with van der Waals surface area (Å²) >= 11 is 0. The summed E-state index contributed by atoms with van der Waals surface area (Å²) in [4.78, 5) is 31.7. The van der Waals surface area contributed by atoms with Crippen molar-refractivity contribution in [1.29, 1.82) is 0 Å². The summed E-state index contributed by atoms with van der Waals surface area (Å²) in [5.74, 6) is -2.59. The van der Waals surface area contributed by atoms with E-state index in [1.807, 2.05) is 0 Å². The second-order valence-electron chi connectivity index (χ2n) is 3.60. The van der Waals surface area contributed by atoms with Gasteiger partial charge >= 0.3 is 11.9 Å². The Morgan fingerprint density at radius 2 is 1.82 bits per heavy atom. The molecule has 0 aromatic carbocycles. The quantitative estimate of drug-likeness (QED) is 0.319. The number of amides is 1. The Morgan fingerprint density at radius 1 is 1.18 bits per heavy atom. The molecule has 0 aromatic heterocycles. The maximum absolute atomic E-state index is 10.9. The van der Waals surface area contributed by atoms with E-state index in [4.69, 9.17) is 10.2 Å². The van der Waals surface area contributed by atoms with Gasteiger partial charge in [0.1, 0.15) is 12.5 Å². The van der Waals surface area contributed by atoms with Crippen molar-refractivity contribution in [2.75, 3.05) is 13.6 Å². The standard InChI is InChI=1S/C10H18N2O5/c1-11-7(10(16)17)4-2-3-5-12-8(13)6-9(14)15/h7,11H,2-6H2,1H3,(H,12,13)(H,14,15)(H,16,17)/t7-/m0/s1. The van der Waals surface area contributed by atoms with Crippen LogP contribution >= 0.6 is 0 Å². The van der Waals surface area contributed by atoms with Crippen LogP contribution in [0.25, 0.3) is 0 Å². The van der Waals surface area contributed by atoms with Gasteiger partial charge in [-0.15, -0.1) is 0 Å². The van der Waals surface area contributed by atoms with E-state index in [0.29, 0.717) is 25.8 Å². The molecule has 4 N–H and O–H groups in total. The highest BCUT2D eigenvalue weighted by molar-refractivity contribution is 5.93. The summed E-state index contributed by atoms with van der Waals surface area (Å²) in [5.41, 5.74) is 0. The SMILES string of the molecule is CN[C@@H](CCCCNC(=O)CC(=O)O)C(=O)O. The number of carboxylic acids is 2. The van der Waals surface area contributed by atoms with E-state index < -0.39 is 30.3 Å². The fourth-order valence-electron chi connectivity index (χ4n) is 1.29. The third-order valence-electron chi connectivity index (χ3n) is 2.20. The Balaban J connectivity index is 3.55. The lowest BCUT2D eigenvalue weighted by atomic mass is 10.1. The number of unbranched alkanes of at least 4 members (excludes halogenated alkanes) is 1. The third-order valence-corrected chi connectivity index (χ3v) is 2.20. The fourth-order valence-corrected chi connectivity index (χ4v) is 1.29. The average Bonchev–Trinajstić information content (AvgIpc) is 2.21. The van der Waals surface area contributed by atoms with Gasteiger partial charge in [0.05, 0.1) is 0 Å². The first-order chi connectivity index (χ1) is 7.97. The van der Waals surface area contributed by atoms with Gasteiger partial charge in [0.15, 0.2) is 0 Å². The molecule has 0 unspecified atom stereocenters. The Kier molecular flexibility index (Phi) is 7.70. The van der Waals surface area contributed by atoms with Gasteiger partial charge in [0.25, 0.3) is 0 Å². The molecular weight excluding hydrogens is 228 g/mol. The van der Waals surface area contributed by atoms with Crippen LogP contribution in [0.4, 0.5) is 0 Å². The van der Waals surface area contributed by atoms with E-state index >= 15 is 0 Å². The van der Waals surface area contributed by atoms with Gasteiger partial charge in [0.2, 0.25) is 5.91 Å². The first kappa shape index (κ1) is 15.4. The summed E-state index contributed by atoms with van der Waals surface area (Å²) in [6.07, 6.45) is 1.21. The summed E-state index contributed by atoms with van der Waals surface area (Å²) in [7, 11) is 1.58. The van der Waals surface area contributed by atoms with Crippen LogP contribution in [0.5, 0.6) is 0 Å². The maximum atomic E-state index is 10.9. The zero-order valence-electron chi connectivity index (χ0n) is 9.73. The largest absolute Gasteiger partial charge is 0.481 e. The predicted octanol–water partition coefficient (Wildman–Crippen LogP) is -0.580. The Hall–Kier alpha value is -1.63. The Labute approximate surface area is 99.2 Å². The van der Waals surface area contributed by atoms with E-state index in [1.165, 1.54) is 0 Å². The molecule has 7 heteroatoms. The summed E-state index contributed by atoms with van der Waals surface area (Å²) in [6, 6.07) is -0.579. The molecule has 7 nitrogen and oxygen atoms in total. The van der Waals surface area contributed by atoms with Crippen LogP contribution < -0.4 is 10.6 Å². The number of hydrogen-bond donors (Lipinski definition) is 4. The highest BCUT2D eigenvalue weighted by atomic mass is 16.4. The van der Waals surface area contributed by atoms with Crippen LogP contribution in [-0.2, 0) is 14.4 Å². The molecule has 1 amide bonds. The fraction of sp³-hybridized carbons (Fsp3) is 0.700. The lowest BCUT2D eigenvalue weighted by Gasteiger charge is -2.10. The van der Waals surface area contributed by atoms with Crippen molar-refractivity contribution in [2.24, 2.45) is 0 Å². The van der Waals surface area contributed by atoms with Gasteiger partial charge in [-0.25, -0.2) is 0 Å². The molecule has 0 rings (SSSR count). The molecule has 0 spiro atoms. The van der Waals surface area contributed by atoms with Crippen molar-refractivity contribution in [1.82, 2.24) is 10.6 Å². The van der Waals surface area contributed by atoms with Gasteiger partial charge in [-0.05, 0) is 26.3 Å². The zero-order chi connectivity index (χ0) is 13.3. The monoisotopic (exact) mass is 246 g/mol. The molecule has 0 aromatic rings. The van der Waals surface area contributed by atoms with Crippen LogP contribution in [0.3, 0.4) is 0 Å². The molecule has 0 saturated carbocycles. The van der Waals surface area contributed by atoms with Gasteiger partial charge < -0.3 is 20.8 Å². The van der Waals surface area contributed by atoms with Crippen molar-refractivity contribution < 1.29 is 24.6 Å². The molecule has 0 bridgehead atoms. The van der Waals surface area contributed by atoms with Crippen LogP contribution in [0.1, 0.15) is 25.7 Å². The first-order valence-electron chi connectivity index (χ1n) is 5.36.